The molecule has 0 aromatic heterocycles. The Balaban J connectivity index is 1.23. The number of imide groups is 1. The average Bonchev–Trinajstić information content (AvgIpc) is 3.05. The Kier molecular flexibility index (Phi) is 6.44. The Bertz CT molecular complexity index is 1070. The van der Waals surface area contributed by atoms with Crippen LogP contribution in [0.3, 0.4) is 0 Å². The molecular formula is C25H27N3O5. The van der Waals surface area contributed by atoms with E-state index in [1.807, 2.05) is 32.0 Å². The summed E-state index contributed by atoms with van der Waals surface area (Å²) in [4.78, 5) is 52.6. The topological polar surface area (TPSA) is 96.0 Å². The third kappa shape index (κ3) is 4.74. The van der Waals surface area contributed by atoms with Crippen LogP contribution in [-0.4, -0.2) is 65.7 Å². The van der Waals surface area contributed by atoms with Crippen LogP contribution < -0.4 is 10.1 Å². The highest BCUT2D eigenvalue weighted by Crippen LogP contribution is 2.23. The Labute approximate surface area is 192 Å². The zero-order valence-corrected chi connectivity index (χ0v) is 18.8. The number of aryl methyl sites for hydroxylation is 1. The predicted octanol–water partition coefficient (Wildman–Crippen LogP) is 2.09. The minimum absolute atomic E-state index is 0.0527. The first-order chi connectivity index (χ1) is 15.8. The molecular weight excluding hydrogens is 422 g/mol. The summed E-state index contributed by atoms with van der Waals surface area (Å²) in [6, 6.07) is 12.3. The van der Waals surface area contributed by atoms with E-state index >= 15 is 0 Å². The second-order valence-electron chi connectivity index (χ2n) is 8.45. The lowest BCUT2D eigenvalue weighted by atomic mass is 10.0. The maximum Gasteiger partial charge on any atom is 0.262 e. The summed E-state index contributed by atoms with van der Waals surface area (Å²) in [6.07, 6.45) is 1.20. The Morgan fingerprint density at radius 3 is 2.24 bits per heavy atom. The molecule has 2 aromatic rings. The molecule has 2 aromatic carbocycles. The highest BCUT2D eigenvalue weighted by Gasteiger charge is 2.37. The van der Waals surface area contributed by atoms with Gasteiger partial charge in [0.05, 0.1) is 11.1 Å². The molecule has 0 aliphatic carbocycles. The maximum atomic E-state index is 12.7. The van der Waals surface area contributed by atoms with Gasteiger partial charge in [0, 0.05) is 19.1 Å². The minimum atomic E-state index is -0.435. The van der Waals surface area contributed by atoms with Crippen molar-refractivity contribution in [2.75, 3.05) is 26.2 Å². The molecule has 4 rings (SSSR count). The normalized spacial score (nSPS) is 16.1. The smallest absolute Gasteiger partial charge is 0.262 e. The van der Waals surface area contributed by atoms with Gasteiger partial charge in [0.2, 0.25) is 5.91 Å². The first kappa shape index (κ1) is 22.5. The highest BCUT2D eigenvalue weighted by atomic mass is 16.5. The van der Waals surface area contributed by atoms with Crippen molar-refractivity contribution in [3.8, 4) is 5.75 Å². The number of rotatable bonds is 6. The Morgan fingerprint density at radius 2 is 1.61 bits per heavy atom. The molecule has 0 radical (unpaired) electrons. The third-order valence-electron chi connectivity index (χ3n) is 6.30. The highest BCUT2D eigenvalue weighted by molar-refractivity contribution is 6.22. The third-order valence-corrected chi connectivity index (χ3v) is 6.30. The lowest BCUT2D eigenvalue weighted by molar-refractivity contribution is -0.132. The number of amides is 4. The van der Waals surface area contributed by atoms with Crippen LogP contribution in [0.2, 0.25) is 0 Å². The van der Waals surface area contributed by atoms with Crippen molar-refractivity contribution in [1.82, 2.24) is 15.1 Å². The fraction of sp³-hybridized carbons (Fsp3) is 0.360. The van der Waals surface area contributed by atoms with Gasteiger partial charge in [-0.15, -0.1) is 0 Å². The second kappa shape index (κ2) is 9.44. The van der Waals surface area contributed by atoms with E-state index in [0.717, 1.165) is 16.0 Å². The van der Waals surface area contributed by atoms with Crippen molar-refractivity contribution < 1.29 is 23.9 Å². The number of hydrogen-bond donors (Lipinski definition) is 1. The van der Waals surface area contributed by atoms with E-state index in [1.165, 1.54) is 0 Å². The number of likely N-dealkylation sites (tertiary alicyclic amines) is 1. The van der Waals surface area contributed by atoms with Crippen LogP contribution in [0.5, 0.6) is 5.75 Å². The average molecular weight is 450 g/mol. The molecule has 1 N–H and O–H groups in total. The fourth-order valence-corrected chi connectivity index (χ4v) is 4.18. The number of piperidine rings is 1. The first-order valence-electron chi connectivity index (χ1n) is 11.1. The lowest BCUT2D eigenvalue weighted by Crippen LogP contribution is -2.50. The minimum Gasteiger partial charge on any atom is -0.483 e. The maximum absolute atomic E-state index is 12.7. The molecule has 1 fully saturated rings. The molecule has 0 spiro atoms. The summed E-state index contributed by atoms with van der Waals surface area (Å²) >= 11 is 0. The second-order valence-corrected chi connectivity index (χ2v) is 8.45. The van der Waals surface area contributed by atoms with E-state index < -0.39 is 11.8 Å². The van der Waals surface area contributed by atoms with Gasteiger partial charge in [-0.2, -0.15) is 0 Å². The standard InChI is InChI=1S/C25H27N3O5/c1-16-6-5-9-21(17(16)2)33-15-22(29)26-18-10-12-27(13-11-18)23(30)14-28-24(31)19-7-3-4-8-20(19)25(28)32/h3-9,18H,10-15H2,1-2H3,(H,26,29). The Hall–Kier alpha value is -3.68. The zero-order chi connectivity index (χ0) is 23.5. The molecule has 0 bridgehead atoms. The van der Waals surface area contributed by atoms with Gasteiger partial charge < -0.3 is 15.0 Å². The van der Waals surface area contributed by atoms with Gasteiger partial charge in [0.15, 0.2) is 6.61 Å². The largest absolute Gasteiger partial charge is 0.483 e. The molecule has 172 valence electrons. The summed E-state index contributed by atoms with van der Waals surface area (Å²) in [5.41, 5.74) is 2.78. The van der Waals surface area contributed by atoms with Crippen molar-refractivity contribution in [1.29, 1.82) is 0 Å². The Morgan fingerprint density at radius 1 is 0.970 bits per heavy atom. The van der Waals surface area contributed by atoms with Gasteiger partial charge in [-0.25, -0.2) is 0 Å². The van der Waals surface area contributed by atoms with Crippen molar-refractivity contribution in [3.05, 3.63) is 64.7 Å². The lowest BCUT2D eigenvalue weighted by Gasteiger charge is -2.33. The van der Waals surface area contributed by atoms with Crippen LogP contribution in [0.1, 0.15) is 44.7 Å². The number of nitrogens with zero attached hydrogens (tertiary/aromatic N) is 2. The summed E-state index contributed by atoms with van der Waals surface area (Å²) in [7, 11) is 0. The van der Waals surface area contributed by atoms with Crippen LogP contribution in [0, 0.1) is 13.8 Å². The molecule has 0 atom stereocenters. The van der Waals surface area contributed by atoms with Gasteiger partial charge in [-0.3, -0.25) is 24.1 Å². The monoisotopic (exact) mass is 449 g/mol. The summed E-state index contributed by atoms with van der Waals surface area (Å²) < 4.78 is 5.66. The predicted molar refractivity (Wildman–Crippen MR) is 121 cm³/mol. The molecule has 0 unspecified atom stereocenters. The van der Waals surface area contributed by atoms with Crippen LogP contribution in [0.15, 0.2) is 42.5 Å². The van der Waals surface area contributed by atoms with Crippen molar-refractivity contribution in [3.63, 3.8) is 0 Å². The molecule has 2 aliphatic rings. The fourth-order valence-electron chi connectivity index (χ4n) is 4.18. The molecule has 8 nitrogen and oxygen atoms in total. The van der Waals surface area contributed by atoms with E-state index in [4.69, 9.17) is 4.74 Å². The molecule has 1 saturated heterocycles. The molecule has 33 heavy (non-hydrogen) atoms. The number of ether oxygens (including phenoxy) is 1. The number of benzene rings is 2. The first-order valence-corrected chi connectivity index (χ1v) is 11.1. The van der Waals surface area contributed by atoms with Crippen LogP contribution in [0.25, 0.3) is 0 Å². The van der Waals surface area contributed by atoms with Gasteiger partial charge in [0.1, 0.15) is 12.3 Å². The number of carbonyl (C=O) groups is 4. The van der Waals surface area contributed by atoms with E-state index in [2.05, 4.69) is 5.32 Å². The van der Waals surface area contributed by atoms with Gasteiger partial charge in [0.25, 0.3) is 17.7 Å². The van der Waals surface area contributed by atoms with E-state index in [0.29, 0.717) is 42.8 Å². The van der Waals surface area contributed by atoms with Gasteiger partial charge >= 0.3 is 0 Å². The number of nitrogens with one attached hydrogen (secondary N) is 1. The van der Waals surface area contributed by atoms with Crippen LogP contribution in [0.4, 0.5) is 0 Å². The van der Waals surface area contributed by atoms with E-state index in [9.17, 15) is 19.2 Å². The van der Waals surface area contributed by atoms with Gasteiger partial charge in [-0.05, 0) is 56.0 Å². The van der Waals surface area contributed by atoms with Crippen molar-refractivity contribution >= 4 is 23.6 Å². The number of fused-ring (bicyclic) bond motifs is 1. The SMILES string of the molecule is Cc1cccc(OCC(=O)NC2CCN(C(=O)CN3C(=O)c4ccccc4C3=O)CC2)c1C. The van der Waals surface area contributed by atoms with E-state index in [-0.39, 0.29) is 31.0 Å². The van der Waals surface area contributed by atoms with Crippen molar-refractivity contribution in [2.45, 2.75) is 32.7 Å². The van der Waals surface area contributed by atoms with E-state index in [1.54, 1.807) is 29.2 Å². The summed E-state index contributed by atoms with van der Waals surface area (Å²) in [6.45, 7) is 4.51. The zero-order valence-electron chi connectivity index (χ0n) is 18.8. The van der Waals surface area contributed by atoms with Crippen LogP contribution in [-0.2, 0) is 9.59 Å². The van der Waals surface area contributed by atoms with Crippen molar-refractivity contribution in [2.24, 2.45) is 0 Å². The number of carbonyl (C=O) groups excluding carboxylic acids is 4. The molecule has 0 saturated carbocycles. The molecule has 2 aliphatic heterocycles. The number of hydrogen-bond acceptors (Lipinski definition) is 5. The van der Waals surface area contributed by atoms with Gasteiger partial charge in [-0.1, -0.05) is 24.3 Å². The quantitative estimate of drug-likeness (QED) is 0.682. The summed E-state index contributed by atoms with van der Waals surface area (Å²) in [5.74, 6) is -0.650. The molecule has 2 heterocycles. The molecule has 4 amide bonds. The molecule has 8 heteroatoms. The summed E-state index contributed by atoms with van der Waals surface area (Å²) in [5, 5.41) is 2.96. The van der Waals surface area contributed by atoms with Crippen LogP contribution >= 0.6 is 0 Å².